The predicted octanol–water partition coefficient (Wildman–Crippen LogP) is 3.69. The predicted molar refractivity (Wildman–Crippen MR) is 98.4 cm³/mol. The number of aliphatic imine (C=N–C) groups is 1. The van der Waals surface area contributed by atoms with Gasteiger partial charge in [0.15, 0.2) is 5.96 Å². The van der Waals surface area contributed by atoms with E-state index in [4.69, 9.17) is 4.52 Å². The van der Waals surface area contributed by atoms with E-state index in [0.29, 0.717) is 6.54 Å². The van der Waals surface area contributed by atoms with Gasteiger partial charge in [0.1, 0.15) is 12.0 Å². The third kappa shape index (κ3) is 4.17. The number of hydrogen-bond donors (Lipinski definition) is 2. The Morgan fingerprint density at radius 2 is 2.17 bits per heavy atom. The normalized spacial score (nSPS) is 17.6. The summed E-state index contributed by atoms with van der Waals surface area (Å²) in [5.74, 6) is 0.849. The third-order valence-corrected chi connectivity index (χ3v) is 5.80. The minimum atomic E-state index is 0.247. The monoisotopic (exact) mass is 346 g/mol. The van der Waals surface area contributed by atoms with Crippen LogP contribution >= 0.6 is 11.3 Å². The fourth-order valence-corrected chi connectivity index (χ4v) is 4.38. The van der Waals surface area contributed by atoms with Crippen LogP contribution in [0.4, 0.5) is 0 Å². The summed E-state index contributed by atoms with van der Waals surface area (Å²) in [6.07, 6.45) is 8.07. The fourth-order valence-electron chi connectivity index (χ4n) is 3.39. The van der Waals surface area contributed by atoms with E-state index in [9.17, 15) is 0 Å². The molecular formula is C18H26N4OS. The average Bonchev–Trinajstić information content (AvgIpc) is 3.32. The first kappa shape index (κ1) is 17.0. The quantitative estimate of drug-likeness (QED) is 0.618. The molecule has 0 aliphatic heterocycles. The van der Waals surface area contributed by atoms with Crippen LogP contribution in [-0.4, -0.2) is 24.2 Å². The zero-order valence-electron chi connectivity index (χ0n) is 14.3. The number of nitrogens with zero attached hydrogens (tertiary/aromatic N) is 2. The molecule has 0 atom stereocenters. The standard InChI is InChI=1S/C18H26N4OS/c1-2-19-17(20-13-15-8-11-23-22-15)21-14-18(9-4-3-5-10-18)16-7-6-12-24-16/h6-8,11-12H,2-5,9-10,13-14H2,1H3,(H2,19,20,21). The second-order valence-electron chi connectivity index (χ2n) is 6.36. The van der Waals surface area contributed by atoms with E-state index in [0.717, 1.165) is 24.7 Å². The van der Waals surface area contributed by atoms with Gasteiger partial charge in [-0.1, -0.05) is 30.5 Å². The maximum absolute atomic E-state index is 4.87. The molecule has 0 amide bonds. The zero-order valence-corrected chi connectivity index (χ0v) is 15.1. The van der Waals surface area contributed by atoms with Gasteiger partial charge in [-0.25, -0.2) is 4.99 Å². The summed E-state index contributed by atoms with van der Waals surface area (Å²) >= 11 is 1.88. The second-order valence-corrected chi connectivity index (χ2v) is 7.31. The summed E-state index contributed by atoms with van der Waals surface area (Å²) in [5.41, 5.74) is 1.09. The molecule has 6 heteroatoms. The van der Waals surface area contributed by atoms with E-state index in [1.54, 1.807) is 6.26 Å². The Labute approximate surface area is 147 Å². The highest BCUT2D eigenvalue weighted by atomic mass is 32.1. The lowest BCUT2D eigenvalue weighted by atomic mass is 9.73. The van der Waals surface area contributed by atoms with E-state index in [2.05, 4.69) is 45.2 Å². The Kier molecular flexibility index (Phi) is 5.91. The van der Waals surface area contributed by atoms with Crippen LogP contribution in [0.2, 0.25) is 0 Å². The fraction of sp³-hybridized carbons (Fsp3) is 0.556. The minimum absolute atomic E-state index is 0.247. The number of guanidine groups is 1. The van der Waals surface area contributed by atoms with Crippen molar-refractivity contribution in [1.29, 1.82) is 0 Å². The summed E-state index contributed by atoms with van der Waals surface area (Å²) in [4.78, 5) is 6.13. The van der Waals surface area contributed by atoms with E-state index in [1.165, 1.54) is 37.0 Å². The lowest BCUT2D eigenvalue weighted by Crippen LogP contribution is -2.46. The summed E-state index contributed by atoms with van der Waals surface area (Å²) in [6.45, 7) is 4.38. The van der Waals surface area contributed by atoms with Crippen LogP contribution < -0.4 is 10.6 Å². The van der Waals surface area contributed by atoms with Crippen molar-refractivity contribution in [1.82, 2.24) is 15.8 Å². The third-order valence-electron chi connectivity index (χ3n) is 4.68. The van der Waals surface area contributed by atoms with Crippen LogP contribution in [0.5, 0.6) is 0 Å². The molecule has 0 aromatic carbocycles. The van der Waals surface area contributed by atoms with Gasteiger partial charge in [-0.3, -0.25) is 0 Å². The first-order valence-corrected chi connectivity index (χ1v) is 9.66. The van der Waals surface area contributed by atoms with E-state index >= 15 is 0 Å². The van der Waals surface area contributed by atoms with E-state index < -0.39 is 0 Å². The highest BCUT2D eigenvalue weighted by Crippen LogP contribution is 2.41. The molecule has 0 saturated heterocycles. The second kappa shape index (κ2) is 8.33. The lowest BCUT2D eigenvalue weighted by Gasteiger charge is -2.37. The molecule has 24 heavy (non-hydrogen) atoms. The van der Waals surface area contributed by atoms with Gasteiger partial charge in [0.2, 0.25) is 0 Å². The molecule has 0 radical (unpaired) electrons. The number of nitrogens with one attached hydrogen (secondary N) is 2. The smallest absolute Gasteiger partial charge is 0.191 e. The Bertz CT molecular complexity index is 616. The molecule has 1 saturated carbocycles. The van der Waals surface area contributed by atoms with Gasteiger partial charge < -0.3 is 15.2 Å². The number of hydrogen-bond acceptors (Lipinski definition) is 4. The maximum Gasteiger partial charge on any atom is 0.191 e. The van der Waals surface area contributed by atoms with Crippen molar-refractivity contribution in [3.05, 3.63) is 40.4 Å². The van der Waals surface area contributed by atoms with Crippen molar-refractivity contribution in [2.45, 2.75) is 51.0 Å². The van der Waals surface area contributed by atoms with Gasteiger partial charge in [-0.2, -0.15) is 0 Å². The molecule has 1 fully saturated rings. The van der Waals surface area contributed by atoms with Crippen molar-refractivity contribution in [2.24, 2.45) is 4.99 Å². The van der Waals surface area contributed by atoms with Crippen LogP contribution in [0, 0.1) is 0 Å². The van der Waals surface area contributed by atoms with Crippen molar-refractivity contribution >= 4 is 17.3 Å². The average molecular weight is 347 g/mol. The van der Waals surface area contributed by atoms with E-state index in [-0.39, 0.29) is 5.41 Å². The van der Waals surface area contributed by atoms with Gasteiger partial charge in [-0.15, -0.1) is 11.3 Å². The maximum atomic E-state index is 4.87. The van der Waals surface area contributed by atoms with Gasteiger partial charge in [0, 0.05) is 29.4 Å². The molecule has 2 heterocycles. The van der Waals surface area contributed by atoms with Gasteiger partial charge in [0.25, 0.3) is 0 Å². The first-order chi connectivity index (χ1) is 11.8. The Morgan fingerprint density at radius 3 is 2.83 bits per heavy atom. The highest BCUT2D eigenvalue weighted by Gasteiger charge is 2.34. The molecule has 0 spiro atoms. The number of thiophene rings is 1. The SMILES string of the molecule is CCNC(=NCc1ccon1)NCC1(c2cccs2)CCCCC1. The van der Waals surface area contributed by atoms with Crippen LogP contribution in [0.15, 0.2) is 39.4 Å². The number of aromatic nitrogens is 1. The lowest BCUT2D eigenvalue weighted by molar-refractivity contribution is 0.296. The Hall–Kier alpha value is -1.82. The summed E-state index contributed by atoms with van der Waals surface area (Å²) in [6, 6.07) is 6.30. The Morgan fingerprint density at radius 1 is 1.29 bits per heavy atom. The van der Waals surface area contributed by atoms with Crippen molar-refractivity contribution in [2.75, 3.05) is 13.1 Å². The molecule has 0 unspecified atom stereocenters. The number of rotatable bonds is 6. The van der Waals surface area contributed by atoms with E-state index in [1.807, 2.05) is 17.4 Å². The topological polar surface area (TPSA) is 62.5 Å². The molecule has 1 aliphatic carbocycles. The largest absolute Gasteiger partial charge is 0.364 e. The molecular weight excluding hydrogens is 320 g/mol. The molecule has 2 aromatic rings. The summed E-state index contributed by atoms with van der Waals surface area (Å²) < 4.78 is 4.87. The summed E-state index contributed by atoms with van der Waals surface area (Å²) in [5, 5.41) is 13.0. The van der Waals surface area contributed by atoms with Gasteiger partial charge >= 0.3 is 0 Å². The van der Waals surface area contributed by atoms with Crippen molar-refractivity contribution in [3.63, 3.8) is 0 Å². The molecule has 1 aliphatic rings. The van der Waals surface area contributed by atoms with Gasteiger partial charge in [0.05, 0.1) is 6.54 Å². The van der Waals surface area contributed by atoms with Crippen LogP contribution in [0.25, 0.3) is 0 Å². The Balaban J connectivity index is 1.68. The molecule has 0 bridgehead atoms. The first-order valence-electron chi connectivity index (χ1n) is 8.78. The highest BCUT2D eigenvalue weighted by molar-refractivity contribution is 7.10. The van der Waals surface area contributed by atoms with Crippen LogP contribution in [-0.2, 0) is 12.0 Å². The summed E-state index contributed by atoms with van der Waals surface area (Å²) in [7, 11) is 0. The van der Waals surface area contributed by atoms with Gasteiger partial charge in [-0.05, 0) is 31.2 Å². The van der Waals surface area contributed by atoms with Crippen LogP contribution in [0.1, 0.15) is 49.6 Å². The van der Waals surface area contributed by atoms with Crippen molar-refractivity contribution in [3.8, 4) is 0 Å². The van der Waals surface area contributed by atoms with Crippen LogP contribution in [0.3, 0.4) is 0 Å². The molecule has 130 valence electrons. The zero-order chi connectivity index (χ0) is 16.7. The molecule has 5 nitrogen and oxygen atoms in total. The minimum Gasteiger partial charge on any atom is -0.364 e. The molecule has 2 aromatic heterocycles. The molecule has 2 N–H and O–H groups in total. The molecule has 3 rings (SSSR count). The van der Waals surface area contributed by atoms with Crippen molar-refractivity contribution < 1.29 is 4.52 Å².